The first-order valence-electron chi connectivity index (χ1n) is 8.35. The monoisotopic (exact) mass is 328 g/mol. The van der Waals surface area contributed by atoms with Gasteiger partial charge in [0, 0.05) is 31.2 Å². The summed E-state index contributed by atoms with van der Waals surface area (Å²) < 4.78 is 13.8. The van der Waals surface area contributed by atoms with Crippen molar-refractivity contribution in [1.82, 2.24) is 20.4 Å². The topological polar surface area (TPSA) is 61.0 Å². The van der Waals surface area contributed by atoms with Crippen molar-refractivity contribution in [1.29, 1.82) is 0 Å². The average molecular weight is 328 g/mol. The lowest BCUT2D eigenvalue weighted by atomic mass is 9.89. The molecule has 6 heteroatoms. The number of hydrogen-bond donors (Lipinski definition) is 2. The summed E-state index contributed by atoms with van der Waals surface area (Å²) in [5, 5.41) is 10.4. The number of amides is 1. The number of benzene rings is 1. The van der Waals surface area contributed by atoms with Gasteiger partial charge in [-0.3, -0.25) is 9.89 Å². The molecule has 3 heterocycles. The smallest absolute Gasteiger partial charge is 0.258 e. The standard InChI is InChI=1S/C18H21FN4O/c1-10-16(11(2)22-21-10)18(24)23-9-13-7-20-8-15(13)17(23)12-4-3-5-14(19)6-12/h3-6,13,15,17,20H,7-9H2,1-2H3,(H,21,22)/t13-,15-,17-/m0/s1. The first-order valence-corrected chi connectivity index (χ1v) is 8.35. The Labute approximate surface area is 140 Å². The molecule has 1 amide bonds. The van der Waals surface area contributed by atoms with E-state index in [-0.39, 0.29) is 17.8 Å². The summed E-state index contributed by atoms with van der Waals surface area (Å²) >= 11 is 0. The minimum Gasteiger partial charge on any atom is -0.331 e. The lowest BCUT2D eigenvalue weighted by molar-refractivity contribution is 0.0712. The van der Waals surface area contributed by atoms with Crippen LogP contribution < -0.4 is 5.32 Å². The van der Waals surface area contributed by atoms with Crippen LogP contribution in [0.2, 0.25) is 0 Å². The van der Waals surface area contributed by atoms with Crippen LogP contribution in [0.4, 0.5) is 4.39 Å². The molecule has 24 heavy (non-hydrogen) atoms. The number of nitrogens with one attached hydrogen (secondary N) is 2. The SMILES string of the molecule is Cc1n[nH]c(C)c1C(=O)N1C[C@@H]2CNC[C@@H]2[C@@H]1c1cccc(F)c1. The summed E-state index contributed by atoms with van der Waals surface area (Å²) in [5.41, 5.74) is 3.01. The highest BCUT2D eigenvalue weighted by Crippen LogP contribution is 2.43. The van der Waals surface area contributed by atoms with Crippen LogP contribution in [0.5, 0.6) is 0 Å². The third-order valence-electron chi connectivity index (χ3n) is 5.36. The van der Waals surface area contributed by atoms with Crippen molar-refractivity contribution in [3.8, 4) is 0 Å². The van der Waals surface area contributed by atoms with E-state index in [0.29, 0.717) is 29.6 Å². The number of likely N-dealkylation sites (tertiary alicyclic amines) is 1. The summed E-state index contributed by atoms with van der Waals surface area (Å²) in [6.45, 7) is 6.17. The van der Waals surface area contributed by atoms with Crippen molar-refractivity contribution >= 4 is 5.91 Å². The van der Waals surface area contributed by atoms with E-state index in [1.165, 1.54) is 6.07 Å². The minimum absolute atomic E-state index is 0.0117. The molecule has 0 aliphatic carbocycles. The van der Waals surface area contributed by atoms with Crippen LogP contribution in [0.3, 0.4) is 0 Å². The zero-order valence-corrected chi connectivity index (χ0v) is 13.8. The van der Waals surface area contributed by atoms with E-state index < -0.39 is 0 Å². The van der Waals surface area contributed by atoms with Crippen LogP contribution in [0.25, 0.3) is 0 Å². The van der Waals surface area contributed by atoms with Crippen LogP contribution >= 0.6 is 0 Å². The van der Waals surface area contributed by atoms with Gasteiger partial charge in [0.1, 0.15) is 5.82 Å². The summed E-state index contributed by atoms with van der Waals surface area (Å²) in [4.78, 5) is 15.1. The second kappa shape index (κ2) is 5.70. The average Bonchev–Trinajstić information content (AvgIpc) is 3.21. The summed E-state index contributed by atoms with van der Waals surface area (Å²) in [7, 11) is 0. The summed E-state index contributed by atoms with van der Waals surface area (Å²) in [5.74, 6) is 0.463. The van der Waals surface area contributed by atoms with Crippen molar-refractivity contribution in [2.75, 3.05) is 19.6 Å². The lowest BCUT2D eigenvalue weighted by Crippen LogP contribution is -2.35. The minimum atomic E-state index is -0.259. The van der Waals surface area contributed by atoms with Gasteiger partial charge in [0.25, 0.3) is 5.91 Å². The van der Waals surface area contributed by atoms with Gasteiger partial charge in [-0.15, -0.1) is 0 Å². The Morgan fingerprint density at radius 2 is 2.17 bits per heavy atom. The van der Waals surface area contributed by atoms with Gasteiger partial charge in [-0.05, 0) is 37.5 Å². The molecule has 0 spiro atoms. The van der Waals surface area contributed by atoms with Gasteiger partial charge in [-0.2, -0.15) is 5.10 Å². The zero-order chi connectivity index (χ0) is 16.8. The largest absolute Gasteiger partial charge is 0.331 e. The molecule has 1 aromatic heterocycles. The molecular weight excluding hydrogens is 307 g/mol. The Morgan fingerprint density at radius 1 is 1.33 bits per heavy atom. The van der Waals surface area contributed by atoms with Gasteiger partial charge in [-0.25, -0.2) is 4.39 Å². The number of halogens is 1. The van der Waals surface area contributed by atoms with Crippen molar-refractivity contribution in [3.05, 3.63) is 52.6 Å². The predicted octanol–water partition coefficient (Wildman–Crippen LogP) is 2.20. The van der Waals surface area contributed by atoms with Gasteiger partial charge < -0.3 is 10.2 Å². The maximum atomic E-state index is 13.8. The number of carbonyl (C=O) groups excluding carboxylic acids is 1. The number of aromatic nitrogens is 2. The van der Waals surface area contributed by atoms with Gasteiger partial charge in [0.2, 0.25) is 0 Å². The highest BCUT2D eigenvalue weighted by atomic mass is 19.1. The fourth-order valence-corrected chi connectivity index (χ4v) is 4.26. The number of hydrogen-bond acceptors (Lipinski definition) is 3. The predicted molar refractivity (Wildman–Crippen MR) is 88.1 cm³/mol. The molecule has 2 aliphatic rings. The maximum Gasteiger partial charge on any atom is 0.258 e. The number of nitrogens with zero attached hydrogens (tertiary/aromatic N) is 2. The van der Waals surface area contributed by atoms with E-state index in [2.05, 4.69) is 15.5 Å². The molecule has 0 radical (unpaired) electrons. The lowest BCUT2D eigenvalue weighted by Gasteiger charge is -2.28. The second-order valence-corrected chi connectivity index (χ2v) is 6.85. The molecule has 2 saturated heterocycles. The fraction of sp³-hybridized carbons (Fsp3) is 0.444. The first kappa shape index (κ1) is 15.3. The molecule has 1 aromatic carbocycles. The molecule has 4 rings (SSSR count). The van der Waals surface area contributed by atoms with E-state index in [1.54, 1.807) is 12.1 Å². The van der Waals surface area contributed by atoms with E-state index >= 15 is 0 Å². The molecular formula is C18H21FN4O. The maximum absolute atomic E-state index is 13.8. The van der Waals surface area contributed by atoms with Crippen LogP contribution in [-0.2, 0) is 0 Å². The third kappa shape index (κ3) is 2.33. The number of carbonyl (C=O) groups is 1. The number of rotatable bonds is 2. The van der Waals surface area contributed by atoms with Gasteiger partial charge in [0.05, 0.1) is 17.3 Å². The summed E-state index contributed by atoms with van der Waals surface area (Å²) in [6, 6.07) is 6.54. The van der Waals surface area contributed by atoms with Crippen molar-refractivity contribution in [2.45, 2.75) is 19.9 Å². The second-order valence-electron chi connectivity index (χ2n) is 6.85. The highest BCUT2D eigenvalue weighted by molar-refractivity contribution is 5.96. The molecule has 5 nitrogen and oxygen atoms in total. The number of fused-ring (bicyclic) bond motifs is 1. The number of aromatic amines is 1. The van der Waals surface area contributed by atoms with E-state index in [4.69, 9.17) is 0 Å². The Balaban J connectivity index is 1.74. The Bertz CT molecular complexity index is 768. The van der Waals surface area contributed by atoms with Crippen LogP contribution in [0.15, 0.2) is 24.3 Å². The van der Waals surface area contributed by atoms with Crippen molar-refractivity contribution < 1.29 is 9.18 Å². The molecule has 126 valence electrons. The van der Waals surface area contributed by atoms with Gasteiger partial charge in [0.15, 0.2) is 0 Å². The molecule has 0 saturated carbocycles. The molecule has 2 aromatic rings. The molecule has 3 atom stereocenters. The van der Waals surface area contributed by atoms with Crippen LogP contribution in [-0.4, -0.2) is 40.6 Å². The molecule has 0 bridgehead atoms. The molecule has 2 aliphatic heterocycles. The Morgan fingerprint density at radius 3 is 2.88 bits per heavy atom. The van der Waals surface area contributed by atoms with E-state index in [0.717, 1.165) is 24.3 Å². The highest BCUT2D eigenvalue weighted by Gasteiger charge is 2.47. The van der Waals surface area contributed by atoms with Gasteiger partial charge >= 0.3 is 0 Å². The number of H-pyrrole nitrogens is 1. The molecule has 2 N–H and O–H groups in total. The molecule has 0 unspecified atom stereocenters. The summed E-state index contributed by atoms with van der Waals surface area (Å²) in [6.07, 6.45) is 0. The van der Waals surface area contributed by atoms with E-state index in [1.807, 2.05) is 24.8 Å². The Hall–Kier alpha value is -2.21. The normalized spacial score (nSPS) is 26.0. The van der Waals surface area contributed by atoms with E-state index in [9.17, 15) is 9.18 Å². The zero-order valence-electron chi connectivity index (χ0n) is 13.8. The first-order chi connectivity index (χ1) is 11.6. The van der Waals surface area contributed by atoms with Crippen LogP contribution in [0, 0.1) is 31.5 Å². The Kier molecular flexibility index (Phi) is 3.64. The fourth-order valence-electron chi connectivity index (χ4n) is 4.26. The van der Waals surface area contributed by atoms with Crippen LogP contribution in [0.1, 0.15) is 33.4 Å². The quantitative estimate of drug-likeness (QED) is 0.888. The molecule has 2 fully saturated rings. The van der Waals surface area contributed by atoms with Gasteiger partial charge in [-0.1, -0.05) is 12.1 Å². The van der Waals surface area contributed by atoms with Crippen molar-refractivity contribution in [2.24, 2.45) is 11.8 Å². The third-order valence-corrected chi connectivity index (χ3v) is 5.36. The van der Waals surface area contributed by atoms with Crippen molar-refractivity contribution in [3.63, 3.8) is 0 Å². The number of aryl methyl sites for hydroxylation is 2.